The highest BCUT2D eigenvalue weighted by Gasteiger charge is 2.29. The Morgan fingerprint density at radius 2 is 1.83 bits per heavy atom. The van der Waals surface area contributed by atoms with Gasteiger partial charge in [-0.2, -0.15) is 0 Å². The van der Waals surface area contributed by atoms with Crippen molar-refractivity contribution in [1.82, 2.24) is 0 Å². The number of aryl methyl sites for hydroxylation is 3. The van der Waals surface area contributed by atoms with Gasteiger partial charge in [-0.3, -0.25) is 0 Å². The van der Waals surface area contributed by atoms with Gasteiger partial charge in [0.15, 0.2) is 0 Å². The molecule has 1 unspecified atom stereocenters. The molecule has 0 bridgehead atoms. The third kappa shape index (κ3) is 2.20. The molecule has 1 aliphatic rings. The lowest BCUT2D eigenvalue weighted by molar-refractivity contribution is -0.136. The van der Waals surface area contributed by atoms with Gasteiger partial charge in [-0.1, -0.05) is 23.8 Å². The number of rotatable bonds is 2. The molecular weight excluding hydrogens is 224 g/mol. The smallest absolute Gasteiger partial charge is 0.334 e. The van der Waals surface area contributed by atoms with E-state index in [-0.39, 0.29) is 11.9 Å². The standard InChI is InChI=1S/C16H20O2/c1-10-8-11(2)15(12(3)9-10)13-6-5-7-14(13)16(17)18-4/h7-9,13H,5-6H2,1-4H3. The molecule has 0 aliphatic heterocycles. The molecule has 0 fully saturated rings. The minimum absolute atomic E-state index is 0.183. The second-order valence-electron chi connectivity index (χ2n) is 5.09. The van der Waals surface area contributed by atoms with E-state index in [1.807, 2.05) is 6.08 Å². The van der Waals surface area contributed by atoms with E-state index in [1.54, 1.807) is 0 Å². The Bertz CT molecular complexity index is 489. The summed E-state index contributed by atoms with van der Waals surface area (Å²) in [4.78, 5) is 11.8. The average molecular weight is 244 g/mol. The van der Waals surface area contributed by atoms with Gasteiger partial charge in [0.25, 0.3) is 0 Å². The van der Waals surface area contributed by atoms with E-state index in [1.165, 1.54) is 29.4 Å². The van der Waals surface area contributed by atoms with Crippen LogP contribution in [-0.2, 0) is 9.53 Å². The van der Waals surface area contributed by atoms with Crippen LogP contribution in [0.1, 0.15) is 41.0 Å². The van der Waals surface area contributed by atoms with Gasteiger partial charge in [0.1, 0.15) is 0 Å². The molecule has 1 aliphatic carbocycles. The van der Waals surface area contributed by atoms with Gasteiger partial charge in [-0.05, 0) is 50.3 Å². The fourth-order valence-electron chi connectivity index (χ4n) is 3.09. The van der Waals surface area contributed by atoms with Crippen LogP contribution in [0, 0.1) is 20.8 Å². The van der Waals surface area contributed by atoms with Gasteiger partial charge in [0.2, 0.25) is 0 Å². The Morgan fingerprint density at radius 1 is 1.22 bits per heavy atom. The number of carbonyl (C=O) groups is 1. The first-order valence-electron chi connectivity index (χ1n) is 6.40. The Kier molecular flexibility index (Phi) is 3.55. The van der Waals surface area contributed by atoms with Crippen molar-refractivity contribution < 1.29 is 9.53 Å². The van der Waals surface area contributed by atoms with Crippen molar-refractivity contribution in [2.24, 2.45) is 0 Å². The van der Waals surface area contributed by atoms with Crippen LogP contribution < -0.4 is 0 Å². The van der Waals surface area contributed by atoms with E-state index in [9.17, 15) is 4.79 Å². The van der Waals surface area contributed by atoms with E-state index < -0.39 is 0 Å². The summed E-state index contributed by atoms with van der Waals surface area (Å²) in [5, 5.41) is 0. The van der Waals surface area contributed by atoms with Crippen LogP contribution in [0.4, 0.5) is 0 Å². The minimum atomic E-state index is -0.183. The fourth-order valence-corrected chi connectivity index (χ4v) is 3.09. The Balaban J connectivity index is 2.44. The van der Waals surface area contributed by atoms with Crippen molar-refractivity contribution in [2.75, 3.05) is 7.11 Å². The molecule has 96 valence electrons. The zero-order valence-electron chi connectivity index (χ0n) is 11.5. The van der Waals surface area contributed by atoms with Crippen molar-refractivity contribution in [3.05, 3.63) is 46.0 Å². The molecule has 1 atom stereocenters. The monoisotopic (exact) mass is 244 g/mol. The molecule has 18 heavy (non-hydrogen) atoms. The van der Waals surface area contributed by atoms with Crippen molar-refractivity contribution in [3.8, 4) is 0 Å². The zero-order chi connectivity index (χ0) is 13.3. The van der Waals surface area contributed by atoms with Gasteiger partial charge in [0, 0.05) is 11.5 Å². The zero-order valence-corrected chi connectivity index (χ0v) is 11.5. The third-order valence-corrected chi connectivity index (χ3v) is 3.70. The lowest BCUT2D eigenvalue weighted by atomic mass is 9.85. The number of hydrogen-bond acceptors (Lipinski definition) is 2. The lowest BCUT2D eigenvalue weighted by Crippen LogP contribution is -2.12. The molecule has 0 saturated carbocycles. The van der Waals surface area contributed by atoms with Gasteiger partial charge in [-0.15, -0.1) is 0 Å². The topological polar surface area (TPSA) is 26.3 Å². The average Bonchev–Trinajstić information content (AvgIpc) is 2.75. The van der Waals surface area contributed by atoms with Crippen LogP contribution in [-0.4, -0.2) is 13.1 Å². The first kappa shape index (κ1) is 12.9. The molecule has 1 aromatic carbocycles. The van der Waals surface area contributed by atoms with Crippen LogP contribution in [0.15, 0.2) is 23.8 Å². The SMILES string of the molecule is COC(=O)C1=CCCC1c1c(C)cc(C)cc1C. The number of benzene rings is 1. The number of hydrogen-bond donors (Lipinski definition) is 0. The summed E-state index contributed by atoms with van der Waals surface area (Å²) in [6.45, 7) is 6.36. The normalized spacial score (nSPS) is 18.7. The highest BCUT2D eigenvalue weighted by molar-refractivity contribution is 5.91. The maximum absolute atomic E-state index is 11.8. The molecule has 2 nitrogen and oxygen atoms in total. The summed E-state index contributed by atoms with van der Waals surface area (Å²) < 4.78 is 4.88. The van der Waals surface area contributed by atoms with Gasteiger partial charge in [-0.25, -0.2) is 4.79 Å². The van der Waals surface area contributed by atoms with Crippen LogP contribution in [0.3, 0.4) is 0 Å². The highest BCUT2D eigenvalue weighted by atomic mass is 16.5. The van der Waals surface area contributed by atoms with Crippen molar-refractivity contribution in [1.29, 1.82) is 0 Å². The summed E-state index contributed by atoms with van der Waals surface area (Å²) in [5.74, 6) is 0.0231. The summed E-state index contributed by atoms with van der Waals surface area (Å²) in [6.07, 6.45) is 3.99. The van der Waals surface area contributed by atoms with Crippen LogP contribution in [0.25, 0.3) is 0 Å². The van der Waals surface area contributed by atoms with E-state index in [0.29, 0.717) is 0 Å². The molecule has 0 heterocycles. The minimum Gasteiger partial charge on any atom is -0.466 e. The molecule has 0 aromatic heterocycles. The van der Waals surface area contributed by atoms with E-state index in [4.69, 9.17) is 4.74 Å². The van der Waals surface area contributed by atoms with Crippen molar-refractivity contribution in [2.45, 2.75) is 39.5 Å². The van der Waals surface area contributed by atoms with Crippen molar-refractivity contribution in [3.63, 3.8) is 0 Å². The highest BCUT2D eigenvalue weighted by Crippen LogP contribution is 2.39. The van der Waals surface area contributed by atoms with E-state index in [2.05, 4.69) is 32.9 Å². The van der Waals surface area contributed by atoms with E-state index >= 15 is 0 Å². The molecule has 0 N–H and O–H groups in total. The Labute approximate surface area is 109 Å². The lowest BCUT2D eigenvalue weighted by Gasteiger charge is -2.19. The summed E-state index contributed by atoms with van der Waals surface area (Å²) in [7, 11) is 1.45. The van der Waals surface area contributed by atoms with Crippen LogP contribution in [0.5, 0.6) is 0 Å². The number of esters is 1. The number of carbonyl (C=O) groups excluding carboxylic acids is 1. The molecule has 0 saturated heterocycles. The number of allylic oxidation sites excluding steroid dienone is 1. The predicted octanol–water partition coefficient (Wildman–Crippen LogP) is 3.59. The molecule has 0 spiro atoms. The molecule has 2 rings (SSSR count). The van der Waals surface area contributed by atoms with Crippen molar-refractivity contribution >= 4 is 5.97 Å². The largest absolute Gasteiger partial charge is 0.466 e. The number of ether oxygens (including phenoxy) is 1. The maximum atomic E-state index is 11.8. The van der Waals surface area contributed by atoms with Gasteiger partial charge in [0.05, 0.1) is 7.11 Å². The number of methoxy groups -OCH3 is 1. The Hall–Kier alpha value is -1.57. The molecule has 0 radical (unpaired) electrons. The predicted molar refractivity (Wildman–Crippen MR) is 72.7 cm³/mol. The first-order chi connectivity index (χ1) is 8.54. The maximum Gasteiger partial charge on any atom is 0.334 e. The molecule has 1 aromatic rings. The summed E-state index contributed by atoms with van der Waals surface area (Å²) in [5.41, 5.74) is 5.95. The van der Waals surface area contributed by atoms with Crippen LogP contribution >= 0.6 is 0 Å². The van der Waals surface area contributed by atoms with Gasteiger partial charge < -0.3 is 4.74 Å². The Morgan fingerprint density at radius 3 is 2.39 bits per heavy atom. The fraction of sp³-hybridized carbons (Fsp3) is 0.438. The second-order valence-corrected chi connectivity index (χ2v) is 5.09. The molecular formula is C16H20O2. The quantitative estimate of drug-likeness (QED) is 0.743. The third-order valence-electron chi connectivity index (χ3n) is 3.70. The summed E-state index contributed by atoms with van der Waals surface area (Å²) >= 11 is 0. The van der Waals surface area contributed by atoms with Crippen LogP contribution in [0.2, 0.25) is 0 Å². The summed E-state index contributed by atoms with van der Waals surface area (Å²) in [6, 6.07) is 4.38. The molecule has 2 heteroatoms. The molecule has 0 amide bonds. The van der Waals surface area contributed by atoms with Gasteiger partial charge >= 0.3 is 5.97 Å². The first-order valence-corrected chi connectivity index (χ1v) is 6.40. The second kappa shape index (κ2) is 4.97. The van der Waals surface area contributed by atoms with E-state index in [0.717, 1.165) is 18.4 Å².